The van der Waals surface area contributed by atoms with E-state index in [0.717, 1.165) is 19.4 Å². The lowest BCUT2D eigenvalue weighted by Crippen LogP contribution is -2.09. The van der Waals surface area contributed by atoms with E-state index in [2.05, 4.69) is 21.4 Å². The van der Waals surface area contributed by atoms with E-state index in [-0.39, 0.29) is 0 Å². The number of allylic oxidation sites excluding steroid dienone is 1. The summed E-state index contributed by atoms with van der Waals surface area (Å²) in [5.74, 6) is 1.14. The third kappa shape index (κ3) is 3.84. The Bertz CT molecular complexity index is 445. The third-order valence-corrected chi connectivity index (χ3v) is 3.16. The van der Waals surface area contributed by atoms with Crippen molar-refractivity contribution in [2.45, 2.75) is 39.0 Å². The molecule has 1 heterocycles. The first-order valence-corrected chi connectivity index (χ1v) is 6.96. The molecule has 2 rings (SSSR count). The summed E-state index contributed by atoms with van der Waals surface area (Å²) in [5.41, 5.74) is 8.02. The van der Waals surface area contributed by atoms with Gasteiger partial charge in [-0.3, -0.25) is 0 Å². The van der Waals surface area contributed by atoms with Crippen LogP contribution in [0.3, 0.4) is 0 Å². The van der Waals surface area contributed by atoms with E-state index in [1.54, 1.807) is 0 Å². The van der Waals surface area contributed by atoms with E-state index >= 15 is 0 Å². The standard InChI is InChI=1S/C14H22N4O/c1-2-9-19-14-12(15)13(17-10-18-14)16-8-7-11-5-3-4-6-11/h5,10H,2-4,6-9,15H2,1H3,(H,16,17,18). The number of nitrogens with zero attached hydrogens (tertiary/aromatic N) is 2. The number of nitrogens with one attached hydrogen (secondary N) is 1. The minimum atomic E-state index is 0.472. The van der Waals surface area contributed by atoms with Crippen molar-refractivity contribution in [2.75, 3.05) is 24.2 Å². The molecule has 1 aromatic rings. The summed E-state index contributed by atoms with van der Waals surface area (Å²) in [6, 6.07) is 0. The number of nitrogen functional groups attached to an aromatic ring is 1. The lowest BCUT2D eigenvalue weighted by atomic mass is 10.2. The molecule has 0 fully saturated rings. The number of hydrogen-bond donors (Lipinski definition) is 2. The van der Waals surface area contributed by atoms with Crippen LogP contribution in [0.25, 0.3) is 0 Å². The van der Waals surface area contributed by atoms with Gasteiger partial charge in [0.05, 0.1) is 6.61 Å². The maximum Gasteiger partial charge on any atom is 0.242 e. The SMILES string of the molecule is CCCOc1ncnc(NCCC2=CCCC2)c1N. The van der Waals surface area contributed by atoms with Gasteiger partial charge in [0.1, 0.15) is 12.0 Å². The van der Waals surface area contributed by atoms with Crippen molar-refractivity contribution < 1.29 is 4.74 Å². The Kier molecular flexibility index (Phi) is 5.01. The van der Waals surface area contributed by atoms with Gasteiger partial charge in [-0.05, 0) is 32.1 Å². The molecule has 1 aromatic heterocycles. The largest absolute Gasteiger partial charge is 0.476 e. The summed E-state index contributed by atoms with van der Waals surface area (Å²) in [7, 11) is 0. The topological polar surface area (TPSA) is 73.1 Å². The van der Waals surface area contributed by atoms with Crippen LogP contribution in [0.5, 0.6) is 5.88 Å². The van der Waals surface area contributed by atoms with Gasteiger partial charge in [-0.25, -0.2) is 4.98 Å². The van der Waals surface area contributed by atoms with Crippen LogP contribution in [-0.4, -0.2) is 23.1 Å². The highest BCUT2D eigenvalue weighted by molar-refractivity contribution is 5.66. The summed E-state index contributed by atoms with van der Waals surface area (Å²) in [6.45, 7) is 3.51. The average Bonchev–Trinajstić information content (AvgIpc) is 2.92. The molecule has 1 aliphatic rings. The van der Waals surface area contributed by atoms with Gasteiger partial charge in [-0.1, -0.05) is 18.6 Å². The summed E-state index contributed by atoms with van der Waals surface area (Å²) >= 11 is 0. The van der Waals surface area contributed by atoms with Gasteiger partial charge in [-0.2, -0.15) is 4.98 Å². The van der Waals surface area contributed by atoms with Crippen LogP contribution in [-0.2, 0) is 0 Å². The molecule has 1 aliphatic carbocycles. The van der Waals surface area contributed by atoms with Gasteiger partial charge in [-0.15, -0.1) is 0 Å². The molecule has 0 saturated heterocycles. The van der Waals surface area contributed by atoms with Crippen LogP contribution in [0.15, 0.2) is 18.0 Å². The fourth-order valence-corrected chi connectivity index (χ4v) is 2.14. The Morgan fingerprint density at radius 1 is 1.42 bits per heavy atom. The molecule has 0 saturated carbocycles. The zero-order chi connectivity index (χ0) is 13.5. The van der Waals surface area contributed by atoms with E-state index in [1.165, 1.54) is 31.2 Å². The van der Waals surface area contributed by atoms with Crippen LogP contribution >= 0.6 is 0 Å². The van der Waals surface area contributed by atoms with Gasteiger partial charge in [0.15, 0.2) is 5.82 Å². The third-order valence-electron chi connectivity index (χ3n) is 3.16. The predicted octanol–water partition coefficient (Wildman–Crippen LogP) is 2.76. The molecule has 0 aromatic carbocycles. The van der Waals surface area contributed by atoms with Crippen LogP contribution in [0.2, 0.25) is 0 Å². The van der Waals surface area contributed by atoms with Crippen molar-refractivity contribution in [1.82, 2.24) is 9.97 Å². The Morgan fingerprint density at radius 2 is 2.32 bits per heavy atom. The van der Waals surface area contributed by atoms with Gasteiger partial charge in [0.2, 0.25) is 5.88 Å². The van der Waals surface area contributed by atoms with Crippen LogP contribution in [0, 0.1) is 0 Å². The minimum absolute atomic E-state index is 0.472. The second-order valence-corrected chi connectivity index (χ2v) is 4.72. The second kappa shape index (κ2) is 6.97. The molecular weight excluding hydrogens is 240 g/mol. The van der Waals surface area contributed by atoms with Gasteiger partial charge < -0.3 is 15.8 Å². The maximum absolute atomic E-state index is 5.99. The molecule has 5 heteroatoms. The van der Waals surface area contributed by atoms with Crippen molar-refractivity contribution >= 4 is 11.5 Å². The van der Waals surface area contributed by atoms with Gasteiger partial charge in [0.25, 0.3) is 0 Å². The fraction of sp³-hybridized carbons (Fsp3) is 0.571. The van der Waals surface area contributed by atoms with Crippen molar-refractivity contribution in [3.05, 3.63) is 18.0 Å². The molecule has 104 valence electrons. The smallest absolute Gasteiger partial charge is 0.242 e. The lowest BCUT2D eigenvalue weighted by molar-refractivity contribution is 0.306. The van der Waals surface area contributed by atoms with E-state index in [9.17, 15) is 0 Å². The van der Waals surface area contributed by atoms with Gasteiger partial charge >= 0.3 is 0 Å². The molecule has 0 unspecified atom stereocenters. The van der Waals surface area contributed by atoms with E-state index in [4.69, 9.17) is 10.5 Å². The van der Waals surface area contributed by atoms with Crippen molar-refractivity contribution in [1.29, 1.82) is 0 Å². The number of anilines is 2. The molecule has 19 heavy (non-hydrogen) atoms. The molecule has 0 spiro atoms. The second-order valence-electron chi connectivity index (χ2n) is 4.72. The van der Waals surface area contributed by atoms with E-state index < -0.39 is 0 Å². The average molecular weight is 262 g/mol. The molecular formula is C14H22N4O. The number of ether oxygens (including phenoxy) is 1. The first kappa shape index (κ1) is 13.6. The van der Waals surface area contributed by atoms with Crippen LogP contribution in [0.1, 0.15) is 39.0 Å². The quantitative estimate of drug-likeness (QED) is 0.739. The number of rotatable bonds is 7. The number of aromatic nitrogens is 2. The van der Waals surface area contributed by atoms with E-state index in [0.29, 0.717) is 24.0 Å². The summed E-state index contributed by atoms with van der Waals surface area (Å²) in [4.78, 5) is 8.22. The van der Waals surface area contributed by atoms with Crippen LogP contribution < -0.4 is 15.8 Å². The number of hydrogen-bond acceptors (Lipinski definition) is 5. The van der Waals surface area contributed by atoms with Crippen molar-refractivity contribution in [3.63, 3.8) is 0 Å². The zero-order valence-corrected chi connectivity index (χ0v) is 11.5. The first-order chi connectivity index (χ1) is 9.31. The number of nitrogens with two attached hydrogens (primary N) is 1. The maximum atomic E-state index is 5.99. The fourth-order valence-electron chi connectivity index (χ4n) is 2.14. The van der Waals surface area contributed by atoms with Crippen LogP contribution in [0.4, 0.5) is 11.5 Å². The monoisotopic (exact) mass is 262 g/mol. The molecule has 0 radical (unpaired) electrons. The molecule has 3 N–H and O–H groups in total. The summed E-state index contributed by atoms with van der Waals surface area (Å²) in [6.07, 6.45) is 9.54. The molecule has 5 nitrogen and oxygen atoms in total. The highest BCUT2D eigenvalue weighted by Gasteiger charge is 2.09. The highest BCUT2D eigenvalue weighted by atomic mass is 16.5. The van der Waals surface area contributed by atoms with Crippen molar-refractivity contribution in [3.8, 4) is 5.88 Å². The summed E-state index contributed by atoms with van der Waals surface area (Å²) < 4.78 is 5.48. The Hall–Kier alpha value is -1.78. The minimum Gasteiger partial charge on any atom is -0.476 e. The predicted molar refractivity (Wildman–Crippen MR) is 77.3 cm³/mol. The Balaban J connectivity index is 1.88. The van der Waals surface area contributed by atoms with E-state index in [1.807, 2.05) is 6.92 Å². The summed E-state index contributed by atoms with van der Waals surface area (Å²) in [5, 5.41) is 3.26. The molecule has 0 bridgehead atoms. The van der Waals surface area contributed by atoms with Gasteiger partial charge in [0, 0.05) is 6.54 Å². The molecule has 0 amide bonds. The zero-order valence-electron chi connectivity index (χ0n) is 11.5. The molecule has 0 aliphatic heterocycles. The first-order valence-electron chi connectivity index (χ1n) is 6.96. The lowest BCUT2D eigenvalue weighted by Gasteiger charge is -2.11. The van der Waals surface area contributed by atoms with Crippen molar-refractivity contribution in [2.24, 2.45) is 0 Å². The molecule has 0 atom stereocenters. The Morgan fingerprint density at radius 3 is 3.05 bits per heavy atom. The normalized spacial score (nSPS) is 14.3. The highest BCUT2D eigenvalue weighted by Crippen LogP contribution is 2.25. The Labute approximate surface area is 114 Å².